The molecule has 4 bridgehead atoms. The summed E-state index contributed by atoms with van der Waals surface area (Å²) in [6, 6.07) is 1.76. The highest BCUT2D eigenvalue weighted by Crippen LogP contribution is 2.56. The van der Waals surface area contributed by atoms with Crippen LogP contribution in [0.1, 0.15) is 42.5 Å². The third-order valence-corrected chi connectivity index (χ3v) is 6.88. The van der Waals surface area contributed by atoms with Crippen LogP contribution in [0.15, 0.2) is 12.3 Å². The molecule has 1 amide bonds. The number of halogens is 2. The summed E-state index contributed by atoms with van der Waals surface area (Å²) in [5.41, 5.74) is 0.546. The monoisotopic (exact) mass is 430 g/mol. The second kappa shape index (κ2) is 5.93. The fraction of sp³-hybridized carbons (Fsp3) is 0.647. The number of carbonyl (C=O) groups excluding carboxylic acids is 1. The average Bonchev–Trinajstić information content (AvgIpc) is 2.48. The molecule has 5 heteroatoms. The fourth-order valence-electron chi connectivity index (χ4n) is 5.26. The van der Waals surface area contributed by atoms with Crippen molar-refractivity contribution in [3.8, 4) is 0 Å². The molecule has 0 saturated heterocycles. The standard InChI is InChI=1S/C17H20ClIN2O/c18-15-8-20-16(19)6-13(15)17(22)21-7-14-11-2-9-1-10(4-11)5-12(14)3-9/h6,8-12,14H,1-5,7H2,(H,21,22). The molecule has 22 heavy (non-hydrogen) atoms. The van der Waals surface area contributed by atoms with Crippen LogP contribution in [0.4, 0.5) is 0 Å². The van der Waals surface area contributed by atoms with E-state index >= 15 is 0 Å². The van der Waals surface area contributed by atoms with Crippen LogP contribution in [0.3, 0.4) is 0 Å². The van der Waals surface area contributed by atoms with E-state index in [9.17, 15) is 4.79 Å². The highest BCUT2D eigenvalue weighted by molar-refractivity contribution is 14.1. The van der Waals surface area contributed by atoms with Gasteiger partial charge >= 0.3 is 0 Å². The largest absolute Gasteiger partial charge is 0.352 e. The first-order valence-electron chi connectivity index (χ1n) is 8.19. The van der Waals surface area contributed by atoms with Crippen LogP contribution in [-0.4, -0.2) is 17.4 Å². The third kappa shape index (κ3) is 2.77. The van der Waals surface area contributed by atoms with Crippen molar-refractivity contribution >= 4 is 40.1 Å². The van der Waals surface area contributed by atoms with Gasteiger partial charge in [-0.1, -0.05) is 11.6 Å². The Morgan fingerprint density at radius 1 is 1.23 bits per heavy atom. The smallest absolute Gasteiger partial charge is 0.252 e. The lowest BCUT2D eigenvalue weighted by Gasteiger charge is -2.54. The number of pyridine rings is 1. The molecule has 1 N–H and O–H groups in total. The van der Waals surface area contributed by atoms with Gasteiger partial charge in [-0.15, -0.1) is 0 Å². The maximum absolute atomic E-state index is 12.4. The van der Waals surface area contributed by atoms with Crippen molar-refractivity contribution in [2.75, 3.05) is 6.54 Å². The summed E-state index contributed by atoms with van der Waals surface area (Å²) in [5.74, 6) is 4.25. The summed E-state index contributed by atoms with van der Waals surface area (Å²) in [5, 5.41) is 3.57. The molecule has 4 fully saturated rings. The SMILES string of the molecule is O=C(NCC1C2CC3CC(C2)CC1C3)c1cc(I)ncc1Cl. The second-order valence-electron chi connectivity index (χ2n) is 7.29. The number of carbonyl (C=O) groups is 1. The quantitative estimate of drug-likeness (QED) is 0.578. The Balaban J connectivity index is 1.42. The van der Waals surface area contributed by atoms with Crippen LogP contribution < -0.4 is 5.32 Å². The van der Waals surface area contributed by atoms with E-state index in [-0.39, 0.29) is 5.91 Å². The van der Waals surface area contributed by atoms with Crippen molar-refractivity contribution in [1.29, 1.82) is 0 Å². The number of nitrogens with zero attached hydrogens (tertiary/aromatic N) is 1. The summed E-state index contributed by atoms with van der Waals surface area (Å²) in [7, 11) is 0. The van der Waals surface area contributed by atoms with Crippen molar-refractivity contribution < 1.29 is 4.79 Å². The first-order valence-corrected chi connectivity index (χ1v) is 9.65. The van der Waals surface area contributed by atoms with Crippen molar-refractivity contribution in [2.24, 2.45) is 29.6 Å². The molecule has 4 aliphatic rings. The van der Waals surface area contributed by atoms with Gasteiger partial charge in [0.25, 0.3) is 5.91 Å². The van der Waals surface area contributed by atoms with Gasteiger partial charge < -0.3 is 5.32 Å². The zero-order valence-electron chi connectivity index (χ0n) is 12.4. The Labute approximate surface area is 149 Å². The van der Waals surface area contributed by atoms with Gasteiger partial charge in [-0.2, -0.15) is 0 Å². The van der Waals surface area contributed by atoms with Gasteiger partial charge in [-0.25, -0.2) is 4.98 Å². The first kappa shape index (κ1) is 15.2. The van der Waals surface area contributed by atoms with Crippen LogP contribution in [0.2, 0.25) is 5.02 Å². The third-order valence-electron chi connectivity index (χ3n) is 5.99. The van der Waals surface area contributed by atoms with E-state index in [2.05, 4.69) is 32.9 Å². The molecule has 1 aromatic rings. The molecular formula is C17H20ClIN2O. The minimum Gasteiger partial charge on any atom is -0.352 e. The minimum absolute atomic E-state index is 0.0564. The van der Waals surface area contributed by atoms with E-state index in [4.69, 9.17) is 11.6 Å². The number of nitrogens with one attached hydrogen (secondary N) is 1. The molecule has 5 rings (SSSR count). The lowest BCUT2D eigenvalue weighted by molar-refractivity contribution is -0.0347. The number of amides is 1. The van der Waals surface area contributed by atoms with Crippen LogP contribution in [0, 0.1) is 33.3 Å². The van der Waals surface area contributed by atoms with Crippen LogP contribution in [-0.2, 0) is 0 Å². The lowest BCUT2D eigenvalue weighted by atomic mass is 9.52. The summed E-state index contributed by atoms with van der Waals surface area (Å²) in [6.07, 6.45) is 8.59. The predicted octanol–water partition coefficient (Wildman–Crippen LogP) is 4.14. The highest BCUT2D eigenvalue weighted by atomic mass is 127. The summed E-state index contributed by atoms with van der Waals surface area (Å²) < 4.78 is 0.793. The van der Waals surface area contributed by atoms with Gasteiger partial charge in [0.15, 0.2) is 0 Å². The Morgan fingerprint density at radius 2 is 1.86 bits per heavy atom. The van der Waals surface area contributed by atoms with Gasteiger partial charge in [0.2, 0.25) is 0 Å². The Bertz CT molecular complexity index is 578. The zero-order chi connectivity index (χ0) is 15.3. The minimum atomic E-state index is -0.0564. The van der Waals surface area contributed by atoms with E-state index in [1.54, 1.807) is 12.3 Å². The molecule has 0 aromatic carbocycles. The van der Waals surface area contributed by atoms with Crippen LogP contribution >= 0.6 is 34.2 Å². The van der Waals surface area contributed by atoms with Crippen LogP contribution in [0.25, 0.3) is 0 Å². The van der Waals surface area contributed by atoms with Crippen LogP contribution in [0.5, 0.6) is 0 Å². The van der Waals surface area contributed by atoms with Crippen molar-refractivity contribution in [3.05, 3.63) is 26.5 Å². The fourth-order valence-corrected chi connectivity index (χ4v) is 5.90. The van der Waals surface area contributed by atoms with E-state index in [0.717, 1.165) is 33.9 Å². The summed E-state index contributed by atoms with van der Waals surface area (Å²) >= 11 is 8.21. The zero-order valence-corrected chi connectivity index (χ0v) is 15.3. The van der Waals surface area contributed by atoms with Gasteiger partial charge in [0.05, 0.1) is 10.6 Å². The molecule has 0 atom stereocenters. The Morgan fingerprint density at radius 3 is 2.50 bits per heavy atom. The van der Waals surface area contributed by atoms with Gasteiger partial charge in [0, 0.05) is 12.7 Å². The predicted molar refractivity (Wildman–Crippen MR) is 94.8 cm³/mol. The number of hydrogen-bond donors (Lipinski definition) is 1. The summed E-state index contributed by atoms with van der Waals surface area (Å²) in [6.45, 7) is 0.808. The molecule has 0 unspecified atom stereocenters. The van der Waals surface area contributed by atoms with Gasteiger partial charge in [-0.05, 0) is 90.4 Å². The number of hydrogen-bond acceptors (Lipinski definition) is 2. The molecule has 1 heterocycles. The van der Waals surface area contributed by atoms with E-state index in [1.165, 1.54) is 32.1 Å². The van der Waals surface area contributed by atoms with Crippen molar-refractivity contribution in [1.82, 2.24) is 10.3 Å². The van der Waals surface area contributed by atoms with Gasteiger partial charge in [0.1, 0.15) is 3.70 Å². The summed E-state index contributed by atoms with van der Waals surface area (Å²) in [4.78, 5) is 16.5. The molecular weight excluding hydrogens is 411 g/mol. The molecule has 4 saturated carbocycles. The molecule has 1 aromatic heterocycles. The number of aromatic nitrogens is 1. The maximum atomic E-state index is 12.4. The van der Waals surface area contributed by atoms with Gasteiger partial charge in [-0.3, -0.25) is 4.79 Å². The highest BCUT2D eigenvalue weighted by Gasteiger charge is 2.47. The molecule has 4 aliphatic carbocycles. The normalized spacial score (nSPS) is 35.6. The Kier molecular flexibility index (Phi) is 4.09. The molecule has 0 spiro atoms. The average molecular weight is 431 g/mol. The topological polar surface area (TPSA) is 42.0 Å². The lowest BCUT2D eigenvalue weighted by Crippen LogP contribution is -2.49. The van der Waals surface area contributed by atoms with E-state index in [0.29, 0.717) is 16.5 Å². The molecule has 0 aliphatic heterocycles. The maximum Gasteiger partial charge on any atom is 0.252 e. The number of rotatable bonds is 3. The molecule has 118 valence electrons. The molecule has 0 radical (unpaired) electrons. The van der Waals surface area contributed by atoms with Crippen molar-refractivity contribution in [3.63, 3.8) is 0 Å². The van der Waals surface area contributed by atoms with Crippen molar-refractivity contribution in [2.45, 2.75) is 32.1 Å². The molecule has 3 nitrogen and oxygen atoms in total. The second-order valence-corrected chi connectivity index (χ2v) is 8.80. The van der Waals surface area contributed by atoms with E-state index in [1.807, 2.05) is 0 Å². The Hall–Kier alpha value is -0.360. The van der Waals surface area contributed by atoms with E-state index < -0.39 is 0 Å². The first-order chi connectivity index (χ1) is 10.6.